The molecule has 1 aliphatic heterocycles. The van der Waals surface area contributed by atoms with Crippen molar-refractivity contribution in [1.82, 2.24) is 15.0 Å². The molecule has 0 spiro atoms. The highest BCUT2D eigenvalue weighted by atomic mass is 35.5. The molecule has 1 aliphatic rings. The van der Waals surface area contributed by atoms with E-state index in [4.69, 9.17) is 21.9 Å². The quantitative estimate of drug-likeness (QED) is 0.765. The molecule has 1 unspecified atom stereocenters. The van der Waals surface area contributed by atoms with Gasteiger partial charge in [0.05, 0.1) is 17.6 Å². The minimum atomic E-state index is -0.402. The van der Waals surface area contributed by atoms with E-state index in [1.54, 1.807) is 6.07 Å². The van der Waals surface area contributed by atoms with Gasteiger partial charge in [-0.2, -0.15) is 4.98 Å². The van der Waals surface area contributed by atoms with Gasteiger partial charge >= 0.3 is 0 Å². The molecule has 0 fully saturated rings. The number of nitrogens with zero attached hydrogens (tertiary/aromatic N) is 3. The zero-order valence-electron chi connectivity index (χ0n) is 13.9. The molecule has 2 heterocycles. The van der Waals surface area contributed by atoms with E-state index in [1.807, 2.05) is 41.3 Å². The third-order valence-corrected chi connectivity index (χ3v) is 4.93. The van der Waals surface area contributed by atoms with Crippen LogP contribution in [0.3, 0.4) is 0 Å². The fourth-order valence-corrected chi connectivity index (χ4v) is 3.49. The molecule has 1 amide bonds. The summed E-state index contributed by atoms with van der Waals surface area (Å²) < 4.78 is 5.38. The molecule has 2 aromatic carbocycles. The Morgan fingerprint density at radius 3 is 2.69 bits per heavy atom. The molecule has 4 rings (SSSR count). The van der Waals surface area contributed by atoms with Gasteiger partial charge in [0.1, 0.15) is 0 Å². The summed E-state index contributed by atoms with van der Waals surface area (Å²) in [4.78, 5) is 18.3. The third-order valence-electron chi connectivity index (χ3n) is 4.60. The number of carbonyl (C=O) groups excluding carboxylic acids is 1. The summed E-state index contributed by atoms with van der Waals surface area (Å²) >= 11 is 6.19. The van der Waals surface area contributed by atoms with Gasteiger partial charge in [0, 0.05) is 12.1 Å². The minimum Gasteiger partial charge on any atom is -0.368 e. The number of halogens is 1. The zero-order chi connectivity index (χ0) is 18.1. The number of nitrogens with two attached hydrogens (primary N) is 1. The molecule has 1 atom stereocenters. The summed E-state index contributed by atoms with van der Waals surface area (Å²) in [5.74, 6) is 0.495. The van der Waals surface area contributed by atoms with E-state index >= 15 is 0 Å². The minimum absolute atomic E-state index is 0.347. The van der Waals surface area contributed by atoms with E-state index in [-0.39, 0.29) is 5.91 Å². The van der Waals surface area contributed by atoms with Crippen LogP contribution in [0.2, 0.25) is 5.02 Å². The lowest BCUT2D eigenvalue weighted by molar-refractivity contribution is -0.124. The fourth-order valence-electron chi connectivity index (χ4n) is 3.27. The van der Waals surface area contributed by atoms with Gasteiger partial charge in [0.25, 0.3) is 0 Å². The normalized spacial score (nSPS) is 17.0. The summed E-state index contributed by atoms with van der Waals surface area (Å²) in [5.41, 5.74) is 8.65. The van der Waals surface area contributed by atoms with Crippen LogP contribution in [-0.2, 0) is 24.3 Å². The number of primary amides is 1. The van der Waals surface area contributed by atoms with Gasteiger partial charge in [-0.25, -0.2) is 0 Å². The first-order valence-electron chi connectivity index (χ1n) is 8.29. The lowest BCUT2D eigenvalue weighted by Crippen LogP contribution is -2.48. The van der Waals surface area contributed by atoms with E-state index < -0.39 is 6.04 Å². The van der Waals surface area contributed by atoms with Crippen molar-refractivity contribution >= 4 is 17.5 Å². The summed E-state index contributed by atoms with van der Waals surface area (Å²) in [6, 6.07) is 15.0. The summed E-state index contributed by atoms with van der Waals surface area (Å²) in [6.07, 6.45) is 0.580. The molecular weight excluding hydrogens is 352 g/mol. The number of hydrogen-bond acceptors (Lipinski definition) is 5. The van der Waals surface area contributed by atoms with Gasteiger partial charge in [0.2, 0.25) is 17.6 Å². The number of amides is 1. The molecule has 0 radical (unpaired) electrons. The Hall–Kier alpha value is -2.70. The van der Waals surface area contributed by atoms with Crippen molar-refractivity contribution in [2.24, 2.45) is 5.73 Å². The van der Waals surface area contributed by atoms with Gasteiger partial charge in [0.15, 0.2) is 0 Å². The summed E-state index contributed by atoms with van der Waals surface area (Å²) in [6.45, 7) is 0.951. The van der Waals surface area contributed by atoms with Gasteiger partial charge in [-0.1, -0.05) is 53.2 Å². The second kappa shape index (κ2) is 6.90. The van der Waals surface area contributed by atoms with Gasteiger partial charge in [-0.3, -0.25) is 9.69 Å². The second-order valence-electron chi connectivity index (χ2n) is 6.29. The topological polar surface area (TPSA) is 85.3 Å². The van der Waals surface area contributed by atoms with Crippen LogP contribution in [-0.4, -0.2) is 27.0 Å². The molecule has 0 bridgehead atoms. The van der Waals surface area contributed by atoms with Crippen LogP contribution in [0.5, 0.6) is 0 Å². The first-order valence-corrected chi connectivity index (χ1v) is 8.67. The highest BCUT2D eigenvalue weighted by molar-refractivity contribution is 6.33. The van der Waals surface area contributed by atoms with Gasteiger partial charge < -0.3 is 10.3 Å². The Morgan fingerprint density at radius 1 is 1.19 bits per heavy atom. The monoisotopic (exact) mass is 368 g/mol. The maximum Gasteiger partial charge on any atom is 0.241 e. The first-order chi connectivity index (χ1) is 12.6. The summed E-state index contributed by atoms with van der Waals surface area (Å²) in [7, 11) is 0. The maximum atomic E-state index is 11.9. The van der Waals surface area contributed by atoms with Crippen LogP contribution in [0, 0.1) is 0 Å². The smallest absolute Gasteiger partial charge is 0.241 e. The molecule has 1 aromatic heterocycles. The maximum absolute atomic E-state index is 11.9. The Balaban J connectivity index is 1.58. The van der Waals surface area contributed by atoms with Crippen molar-refractivity contribution in [2.75, 3.05) is 0 Å². The van der Waals surface area contributed by atoms with Gasteiger partial charge in [-0.15, -0.1) is 0 Å². The molecule has 7 heteroatoms. The molecule has 3 aromatic rings. The van der Waals surface area contributed by atoms with Crippen molar-refractivity contribution in [3.63, 3.8) is 0 Å². The first kappa shape index (κ1) is 16.8. The van der Waals surface area contributed by atoms with Crippen LogP contribution in [0.1, 0.15) is 17.0 Å². The number of rotatable bonds is 4. The average Bonchev–Trinajstić information content (AvgIpc) is 3.09. The van der Waals surface area contributed by atoms with Crippen LogP contribution >= 0.6 is 11.6 Å². The predicted octanol–water partition coefficient (Wildman–Crippen LogP) is 2.80. The van der Waals surface area contributed by atoms with Crippen LogP contribution < -0.4 is 5.73 Å². The Kier molecular flexibility index (Phi) is 4.44. The zero-order valence-corrected chi connectivity index (χ0v) is 14.7. The predicted molar refractivity (Wildman–Crippen MR) is 97.1 cm³/mol. The van der Waals surface area contributed by atoms with E-state index in [0.29, 0.717) is 41.8 Å². The van der Waals surface area contributed by atoms with Crippen LogP contribution in [0.15, 0.2) is 53.1 Å². The Bertz CT molecular complexity index is 956. The average molecular weight is 369 g/mol. The second-order valence-corrected chi connectivity index (χ2v) is 6.69. The highest BCUT2D eigenvalue weighted by Gasteiger charge is 2.31. The van der Waals surface area contributed by atoms with E-state index in [0.717, 1.165) is 5.56 Å². The molecule has 0 saturated heterocycles. The van der Waals surface area contributed by atoms with Crippen molar-refractivity contribution in [2.45, 2.75) is 25.6 Å². The van der Waals surface area contributed by atoms with Crippen molar-refractivity contribution in [3.8, 4) is 11.4 Å². The molecule has 2 N–H and O–H groups in total. The Labute approximate surface area is 155 Å². The number of fused-ring (bicyclic) bond motifs is 1. The van der Waals surface area contributed by atoms with Crippen LogP contribution in [0.25, 0.3) is 11.4 Å². The lowest BCUT2D eigenvalue weighted by Gasteiger charge is -2.33. The lowest BCUT2D eigenvalue weighted by atomic mass is 9.93. The van der Waals surface area contributed by atoms with E-state index in [9.17, 15) is 4.79 Å². The number of benzene rings is 2. The number of aromatic nitrogens is 2. The Morgan fingerprint density at radius 2 is 1.92 bits per heavy atom. The standard InChI is InChI=1S/C19H17ClN4O2/c20-15-8-4-3-7-14(15)19-22-17(26-23-19)11-24-10-13-6-2-1-5-12(13)9-16(24)18(21)25/h1-8,16H,9-11H2,(H2,21,25). The van der Waals surface area contributed by atoms with Crippen LogP contribution in [0.4, 0.5) is 0 Å². The fraction of sp³-hybridized carbons (Fsp3) is 0.211. The van der Waals surface area contributed by atoms with Crippen molar-refractivity contribution < 1.29 is 9.32 Å². The van der Waals surface area contributed by atoms with E-state index in [2.05, 4.69) is 16.2 Å². The molecule has 6 nitrogen and oxygen atoms in total. The number of hydrogen-bond donors (Lipinski definition) is 1. The van der Waals surface area contributed by atoms with Crippen molar-refractivity contribution in [1.29, 1.82) is 0 Å². The molecule has 132 valence electrons. The largest absolute Gasteiger partial charge is 0.368 e. The molecule has 0 aliphatic carbocycles. The molecule has 0 saturated carbocycles. The summed E-state index contributed by atoms with van der Waals surface area (Å²) in [5, 5.41) is 4.57. The highest BCUT2D eigenvalue weighted by Crippen LogP contribution is 2.27. The van der Waals surface area contributed by atoms with Gasteiger partial charge in [-0.05, 0) is 29.7 Å². The number of carbonyl (C=O) groups is 1. The third kappa shape index (κ3) is 3.21. The van der Waals surface area contributed by atoms with E-state index in [1.165, 1.54) is 5.56 Å². The SMILES string of the molecule is NC(=O)C1Cc2ccccc2CN1Cc1nc(-c2ccccc2Cl)no1. The molecular formula is C19H17ClN4O2. The molecule has 26 heavy (non-hydrogen) atoms. The van der Waals surface area contributed by atoms with Crippen molar-refractivity contribution in [3.05, 3.63) is 70.6 Å².